The van der Waals surface area contributed by atoms with Gasteiger partial charge >= 0.3 is 0 Å². The number of hydrogen-bond acceptors (Lipinski definition) is 5. The standard InChI is InChI=1S/C19H14BrN3OS/c1-24-15-8-2-12(3-9-15)16-10-25-19-17(16)18(21-11-22-19)23-14-6-4-13(20)5-7-14/h2-11H,1H3,(H,21,22,23). The molecule has 0 amide bonds. The van der Waals surface area contributed by atoms with E-state index in [2.05, 4.69) is 48.7 Å². The van der Waals surface area contributed by atoms with Crippen molar-refractivity contribution in [1.82, 2.24) is 9.97 Å². The highest BCUT2D eigenvalue weighted by atomic mass is 79.9. The number of anilines is 2. The van der Waals surface area contributed by atoms with Crippen LogP contribution in [-0.4, -0.2) is 17.1 Å². The van der Waals surface area contributed by atoms with Crippen molar-refractivity contribution in [3.63, 3.8) is 0 Å². The third-order valence-electron chi connectivity index (χ3n) is 3.88. The minimum atomic E-state index is 0.805. The van der Waals surface area contributed by atoms with E-state index in [1.807, 2.05) is 36.4 Å². The SMILES string of the molecule is COc1ccc(-c2csc3ncnc(Nc4ccc(Br)cc4)c23)cc1. The third-order valence-corrected chi connectivity index (χ3v) is 5.29. The van der Waals surface area contributed by atoms with Gasteiger partial charge in [0.1, 0.15) is 22.7 Å². The molecule has 0 unspecified atom stereocenters. The van der Waals surface area contributed by atoms with E-state index in [-0.39, 0.29) is 0 Å². The average Bonchev–Trinajstić information content (AvgIpc) is 3.09. The molecule has 0 radical (unpaired) electrons. The molecule has 4 rings (SSSR count). The van der Waals surface area contributed by atoms with Gasteiger partial charge in [-0.15, -0.1) is 11.3 Å². The van der Waals surface area contributed by atoms with Gasteiger partial charge in [-0.05, 0) is 42.0 Å². The second-order valence-corrected chi connectivity index (χ2v) is 7.19. The van der Waals surface area contributed by atoms with Crippen molar-refractivity contribution in [2.45, 2.75) is 0 Å². The Balaban J connectivity index is 1.79. The van der Waals surface area contributed by atoms with Crippen LogP contribution in [0.25, 0.3) is 21.3 Å². The van der Waals surface area contributed by atoms with E-state index in [9.17, 15) is 0 Å². The highest BCUT2D eigenvalue weighted by Gasteiger charge is 2.13. The van der Waals surface area contributed by atoms with Crippen LogP contribution in [-0.2, 0) is 0 Å². The zero-order valence-corrected chi connectivity index (χ0v) is 15.8. The van der Waals surface area contributed by atoms with Crippen LogP contribution in [0, 0.1) is 0 Å². The van der Waals surface area contributed by atoms with Gasteiger partial charge in [0.05, 0.1) is 12.5 Å². The highest BCUT2D eigenvalue weighted by molar-refractivity contribution is 9.10. The lowest BCUT2D eigenvalue weighted by Crippen LogP contribution is -1.95. The molecule has 2 heterocycles. The largest absolute Gasteiger partial charge is 0.497 e. The summed E-state index contributed by atoms with van der Waals surface area (Å²) in [5, 5.41) is 6.55. The van der Waals surface area contributed by atoms with Gasteiger partial charge in [0.2, 0.25) is 0 Å². The third kappa shape index (κ3) is 3.23. The Bertz CT molecular complexity index is 1010. The normalized spacial score (nSPS) is 10.8. The molecule has 2 aromatic carbocycles. The molecule has 0 atom stereocenters. The van der Waals surface area contributed by atoms with Gasteiger partial charge in [-0.25, -0.2) is 9.97 Å². The van der Waals surface area contributed by atoms with Gasteiger partial charge < -0.3 is 10.1 Å². The van der Waals surface area contributed by atoms with E-state index in [4.69, 9.17) is 4.74 Å². The first kappa shape index (κ1) is 16.1. The summed E-state index contributed by atoms with van der Waals surface area (Å²) < 4.78 is 6.29. The number of ether oxygens (including phenoxy) is 1. The van der Waals surface area contributed by atoms with E-state index in [1.54, 1.807) is 24.8 Å². The second-order valence-electron chi connectivity index (χ2n) is 5.41. The van der Waals surface area contributed by atoms with Gasteiger partial charge in [-0.3, -0.25) is 0 Å². The molecule has 0 spiro atoms. The Labute approximate surface area is 157 Å². The van der Waals surface area contributed by atoms with Crippen molar-refractivity contribution in [2.75, 3.05) is 12.4 Å². The maximum Gasteiger partial charge on any atom is 0.143 e. The minimum absolute atomic E-state index is 0.805. The minimum Gasteiger partial charge on any atom is -0.497 e. The van der Waals surface area contributed by atoms with Crippen LogP contribution in [0.2, 0.25) is 0 Å². The van der Waals surface area contributed by atoms with Crippen molar-refractivity contribution in [2.24, 2.45) is 0 Å². The van der Waals surface area contributed by atoms with Crippen molar-refractivity contribution in [3.05, 3.63) is 64.7 Å². The smallest absolute Gasteiger partial charge is 0.143 e. The van der Waals surface area contributed by atoms with Crippen LogP contribution in [0.4, 0.5) is 11.5 Å². The zero-order chi connectivity index (χ0) is 17.2. The van der Waals surface area contributed by atoms with Crippen molar-refractivity contribution in [1.29, 1.82) is 0 Å². The summed E-state index contributed by atoms with van der Waals surface area (Å²) in [6.45, 7) is 0. The van der Waals surface area contributed by atoms with Crippen LogP contribution >= 0.6 is 27.3 Å². The summed E-state index contributed by atoms with van der Waals surface area (Å²) in [6.07, 6.45) is 1.60. The Hall–Kier alpha value is -2.44. The maximum atomic E-state index is 5.25. The molecule has 0 saturated heterocycles. The van der Waals surface area contributed by atoms with E-state index in [0.29, 0.717) is 0 Å². The molecule has 1 N–H and O–H groups in total. The Kier molecular flexibility index (Phi) is 4.38. The second kappa shape index (κ2) is 6.82. The van der Waals surface area contributed by atoms with Crippen molar-refractivity contribution >= 4 is 49.0 Å². The Morgan fingerprint density at radius 1 is 1.00 bits per heavy atom. The molecular weight excluding hydrogens is 398 g/mol. The predicted molar refractivity (Wildman–Crippen MR) is 107 cm³/mol. The molecule has 6 heteroatoms. The summed E-state index contributed by atoms with van der Waals surface area (Å²) >= 11 is 5.07. The number of nitrogens with one attached hydrogen (secondary N) is 1. The molecule has 124 valence electrons. The number of rotatable bonds is 4. The molecule has 0 bridgehead atoms. The van der Waals surface area contributed by atoms with E-state index < -0.39 is 0 Å². The summed E-state index contributed by atoms with van der Waals surface area (Å²) in [4.78, 5) is 9.84. The summed E-state index contributed by atoms with van der Waals surface area (Å²) in [5.41, 5.74) is 3.21. The molecular formula is C19H14BrN3OS. The van der Waals surface area contributed by atoms with Gasteiger partial charge in [-0.2, -0.15) is 0 Å². The van der Waals surface area contributed by atoms with E-state index >= 15 is 0 Å². The van der Waals surface area contributed by atoms with Crippen LogP contribution in [0.5, 0.6) is 5.75 Å². The van der Waals surface area contributed by atoms with Gasteiger partial charge in [-0.1, -0.05) is 28.1 Å². The van der Waals surface area contributed by atoms with Gasteiger partial charge in [0.15, 0.2) is 0 Å². The average molecular weight is 412 g/mol. The van der Waals surface area contributed by atoms with Crippen molar-refractivity contribution in [3.8, 4) is 16.9 Å². The monoisotopic (exact) mass is 411 g/mol. The predicted octanol–water partition coefficient (Wildman–Crippen LogP) is 5.87. The number of aromatic nitrogens is 2. The van der Waals surface area contributed by atoms with Crippen LogP contribution in [0.15, 0.2) is 64.7 Å². The Morgan fingerprint density at radius 2 is 1.76 bits per heavy atom. The zero-order valence-electron chi connectivity index (χ0n) is 13.4. The lowest BCUT2D eigenvalue weighted by molar-refractivity contribution is 0.415. The van der Waals surface area contributed by atoms with Crippen molar-refractivity contribution < 1.29 is 4.74 Å². The van der Waals surface area contributed by atoms with E-state index in [0.717, 1.165) is 43.1 Å². The van der Waals surface area contributed by atoms with Gasteiger partial charge in [0.25, 0.3) is 0 Å². The first-order valence-electron chi connectivity index (χ1n) is 7.64. The fourth-order valence-corrected chi connectivity index (χ4v) is 3.80. The Morgan fingerprint density at radius 3 is 2.48 bits per heavy atom. The molecule has 4 nitrogen and oxygen atoms in total. The maximum absolute atomic E-state index is 5.25. The van der Waals surface area contributed by atoms with E-state index in [1.165, 1.54) is 0 Å². The summed E-state index contributed by atoms with van der Waals surface area (Å²) in [6, 6.07) is 16.1. The molecule has 0 aliphatic rings. The van der Waals surface area contributed by atoms with Gasteiger partial charge in [0, 0.05) is 21.1 Å². The van der Waals surface area contributed by atoms with Crippen LogP contribution < -0.4 is 10.1 Å². The summed E-state index contributed by atoms with van der Waals surface area (Å²) in [7, 11) is 1.67. The molecule has 4 aromatic rings. The topological polar surface area (TPSA) is 47.0 Å². The molecule has 0 aliphatic heterocycles. The molecule has 2 aromatic heterocycles. The number of thiophene rings is 1. The fourth-order valence-electron chi connectivity index (χ4n) is 2.62. The number of benzene rings is 2. The summed E-state index contributed by atoms with van der Waals surface area (Å²) in [5.74, 6) is 1.65. The number of fused-ring (bicyclic) bond motifs is 1. The molecule has 25 heavy (non-hydrogen) atoms. The molecule has 0 saturated carbocycles. The number of methoxy groups -OCH3 is 1. The molecule has 0 fully saturated rings. The van der Waals surface area contributed by atoms with Crippen LogP contribution in [0.1, 0.15) is 0 Å². The fraction of sp³-hybridized carbons (Fsp3) is 0.0526. The quantitative estimate of drug-likeness (QED) is 0.455. The van der Waals surface area contributed by atoms with Crippen LogP contribution in [0.3, 0.4) is 0 Å². The molecule has 0 aliphatic carbocycles. The first-order valence-corrected chi connectivity index (χ1v) is 9.31. The first-order chi connectivity index (χ1) is 12.2. The lowest BCUT2D eigenvalue weighted by atomic mass is 10.1. The number of hydrogen-bond donors (Lipinski definition) is 1. The number of nitrogens with zero attached hydrogens (tertiary/aromatic N) is 2. The number of halogens is 1. The lowest BCUT2D eigenvalue weighted by Gasteiger charge is -2.09. The highest BCUT2D eigenvalue weighted by Crippen LogP contribution is 2.37.